The van der Waals surface area contributed by atoms with Crippen molar-refractivity contribution in [2.24, 2.45) is 5.92 Å². The molecule has 0 spiro atoms. The van der Waals surface area contributed by atoms with Crippen LogP contribution >= 0.6 is 0 Å². The second-order valence-corrected chi connectivity index (χ2v) is 3.13. The van der Waals surface area contributed by atoms with E-state index in [4.69, 9.17) is 5.11 Å². The van der Waals surface area contributed by atoms with Gasteiger partial charge in [-0.25, -0.2) is 4.39 Å². The molecule has 0 aliphatic heterocycles. The van der Waals surface area contributed by atoms with Crippen LogP contribution in [0, 0.1) is 11.7 Å². The predicted octanol–water partition coefficient (Wildman–Crippen LogP) is 0.637. The standard InChI is InChI=1S/C10H10FNO4/c1-16-10(15)8(9(13)14)3-6-2-7(11)5-12-4-6/h2,4-5,8H,3H2,1H3,(H,13,14). The molecule has 0 aliphatic carbocycles. The van der Waals surface area contributed by atoms with Crippen molar-refractivity contribution >= 4 is 11.9 Å². The van der Waals surface area contributed by atoms with E-state index >= 15 is 0 Å². The van der Waals surface area contributed by atoms with Crippen LogP contribution in [-0.4, -0.2) is 29.1 Å². The summed E-state index contributed by atoms with van der Waals surface area (Å²) in [7, 11) is 1.10. The lowest BCUT2D eigenvalue weighted by atomic mass is 10.0. The number of esters is 1. The lowest BCUT2D eigenvalue weighted by molar-refractivity contribution is -0.156. The Kier molecular flexibility index (Phi) is 3.93. The predicted molar refractivity (Wildman–Crippen MR) is 51.0 cm³/mol. The Bertz CT molecular complexity index is 408. The van der Waals surface area contributed by atoms with Crippen LogP contribution in [-0.2, 0) is 20.7 Å². The molecule has 16 heavy (non-hydrogen) atoms. The summed E-state index contributed by atoms with van der Waals surface area (Å²) >= 11 is 0. The van der Waals surface area contributed by atoms with E-state index in [-0.39, 0.29) is 6.42 Å². The zero-order chi connectivity index (χ0) is 12.1. The minimum absolute atomic E-state index is 0.146. The van der Waals surface area contributed by atoms with Gasteiger partial charge >= 0.3 is 11.9 Å². The molecule has 1 aromatic heterocycles. The molecular formula is C10H10FNO4. The molecule has 1 heterocycles. The number of aromatic nitrogens is 1. The van der Waals surface area contributed by atoms with Gasteiger partial charge in [0.25, 0.3) is 0 Å². The summed E-state index contributed by atoms with van der Waals surface area (Å²) in [5, 5.41) is 8.79. The highest BCUT2D eigenvalue weighted by Gasteiger charge is 2.27. The Labute approximate surface area is 90.9 Å². The molecule has 0 fully saturated rings. The van der Waals surface area contributed by atoms with E-state index < -0.39 is 23.7 Å². The average molecular weight is 227 g/mol. The van der Waals surface area contributed by atoms with Crippen molar-refractivity contribution in [2.75, 3.05) is 7.11 Å². The second kappa shape index (κ2) is 5.20. The van der Waals surface area contributed by atoms with E-state index in [0.717, 1.165) is 19.4 Å². The quantitative estimate of drug-likeness (QED) is 0.603. The number of carboxylic acid groups (broad SMARTS) is 1. The molecule has 0 amide bonds. The topological polar surface area (TPSA) is 76.5 Å². The van der Waals surface area contributed by atoms with Crippen LogP contribution in [0.25, 0.3) is 0 Å². The Morgan fingerprint density at radius 1 is 1.56 bits per heavy atom. The van der Waals surface area contributed by atoms with Crippen molar-refractivity contribution in [1.29, 1.82) is 0 Å². The number of carbonyl (C=O) groups excluding carboxylic acids is 1. The molecule has 5 nitrogen and oxygen atoms in total. The molecule has 0 aromatic carbocycles. The Hall–Kier alpha value is -1.98. The zero-order valence-electron chi connectivity index (χ0n) is 8.51. The summed E-state index contributed by atoms with van der Waals surface area (Å²) in [5.74, 6) is -4.09. The monoisotopic (exact) mass is 227 g/mol. The highest BCUT2D eigenvalue weighted by atomic mass is 19.1. The summed E-state index contributed by atoms with van der Waals surface area (Å²) in [4.78, 5) is 25.5. The summed E-state index contributed by atoms with van der Waals surface area (Å²) in [6.07, 6.45) is 2.16. The van der Waals surface area contributed by atoms with Gasteiger partial charge in [-0.2, -0.15) is 0 Å². The maximum Gasteiger partial charge on any atom is 0.320 e. The minimum atomic E-state index is -1.34. The fourth-order valence-electron chi connectivity index (χ4n) is 1.22. The number of methoxy groups -OCH3 is 1. The van der Waals surface area contributed by atoms with Crippen LogP contribution in [0.5, 0.6) is 0 Å². The smallest absolute Gasteiger partial charge is 0.320 e. The lowest BCUT2D eigenvalue weighted by Gasteiger charge is -2.09. The maximum absolute atomic E-state index is 12.8. The molecule has 1 unspecified atom stereocenters. The number of ether oxygens (including phenoxy) is 1. The van der Waals surface area contributed by atoms with Crippen molar-refractivity contribution in [3.8, 4) is 0 Å². The second-order valence-electron chi connectivity index (χ2n) is 3.13. The Morgan fingerprint density at radius 3 is 2.75 bits per heavy atom. The highest BCUT2D eigenvalue weighted by Crippen LogP contribution is 2.11. The molecule has 0 bridgehead atoms. The van der Waals surface area contributed by atoms with Gasteiger partial charge in [0, 0.05) is 6.20 Å². The normalized spacial score (nSPS) is 11.9. The van der Waals surface area contributed by atoms with Crippen molar-refractivity contribution in [3.63, 3.8) is 0 Å². The van der Waals surface area contributed by atoms with Gasteiger partial charge < -0.3 is 9.84 Å². The van der Waals surface area contributed by atoms with E-state index in [9.17, 15) is 14.0 Å². The first-order valence-corrected chi connectivity index (χ1v) is 4.44. The molecule has 0 saturated heterocycles. The summed E-state index contributed by atoms with van der Waals surface area (Å²) in [6, 6.07) is 1.13. The first kappa shape index (κ1) is 12.1. The SMILES string of the molecule is COC(=O)C(Cc1cncc(F)c1)C(=O)O. The third-order valence-electron chi connectivity index (χ3n) is 1.99. The number of rotatable bonds is 4. The Balaban J connectivity index is 2.84. The lowest BCUT2D eigenvalue weighted by Crippen LogP contribution is -2.27. The van der Waals surface area contributed by atoms with Gasteiger partial charge in [-0.15, -0.1) is 0 Å². The molecule has 1 rings (SSSR count). The molecule has 6 heteroatoms. The highest BCUT2D eigenvalue weighted by molar-refractivity contribution is 5.94. The van der Waals surface area contributed by atoms with E-state index in [2.05, 4.69) is 9.72 Å². The fraction of sp³-hybridized carbons (Fsp3) is 0.300. The maximum atomic E-state index is 12.8. The molecule has 0 aliphatic rings. The molecule has 1 atom stereocenters. The van der Waals surface area contributed by atoms with Gasteiger partial charge in [-0.1, -0.05) is 0 Å². The number of carbonyl (C=O) groups is 2. The number of carboxylic acids is 1. The van der Waals surface area contributed by atoms with Gasteiger partial charge in [0.15, 0.2) is 5.92 Å². The van der Waals surface area contributed by atoms with Gasteiger partial charge in [-0.05, 0) is 18.1 Å². The molecule has 86 valence electrons. The molecule has 0 radical (unpaired) electrons. The van der Waals surface area contributed by atoms with Crippen molar-refractivity contribution in [3.05, 3.63) is 29.8 Å². The van der Waals surface area contributed by atoms with Gasteiger partial charge in [0.1, 0.15) is 5.82 Å². The first-order valence-electron chi connectivity index (χ1n) is 4.44. The number of halogens is 1. The summed E-state index contributed by atoms with van der Waals surface area (Å²) in [5.41, 5.74) is 0.331. The largest absolute Gasteiger partial charge is 0.481 e. The first-order chi connectivity index (χ1) is 7.54. The van der Waals surface area contributed by atoms with Crippen LogP contribution in [0.1, 0.15) is 5.56 Å². The van der Waals surface area contributed by atoms with E-state index in [0.29, 0.717) is 5.56 Å². The Morgan fingerprint density at radius 2 is 2.25 bits per heavy atom. The van der Waals surface area contributed by atoms with Crippen molar-refractivity contribution in [2.45, 2.75) is 6.42 Å². The zero-order valence-corrected chi connectivity index (χ0v) is 8.51. The van der Waals surface area contributed by atoms with E-state index in [1.807, 2.05) is 0 Å². The van der Waals surface area contributed by atoms with Gasteiger partial charge in [-0.3, -0.25) is 14.6 Å². The third kappa shape index (κ3) is 3.01. The van der Waals surface area contributed by atoms with Crippen LogP contribution in [0.15, 0.2) is 18.5 Å². The van der Waals surface area contributed by atoms with Crippen molar-refractivity contribution in [1.82, 2.24) is 4.98 Å². The van der Waals surface area contributed by atoms with Crippen LogP contribution in [0.4, 0.5) is 4.39 Å². The minimum Gasteiger partial charge on any atom is -0.481 e. The van der Waals surface area contributed by atoms with Gasteiger partial charge in [0.2, 0.25) is 0 Å². The van der Waals surface area contributed by atoms with Crippen molar-refractivity contribution < 1.29 is 23.8 Å². The fourth-order valence-corrected chi connectivity index (χ4v) is 1.22. The number of aliphatic carboxylic acids is 1. The van der Waals surface area contributed by atoms with Crippen LogP contribution in [0.3, 0.4) is 0 Å². The summed E-state index contributed by atoms with van der Waals surface area (Å²) < 4.78 is 17.1. The number of hydrogen-bond donors (Lipinski definition) is 1. The molecular weight excluding hydrogens is 217 g/mol. The number of hydrogen-bond acceptors (Lipinski definition) is 4. The van der Waals surface area contributed by atoms with Gasteiger partial charge in [0.05, 0.1) is 13.3 Å². The molecule has 0 saturated carbocycles. The number of nitrogens with zero attached hydrogens (tertiary/aromatic N) is 1. The van der Waals surface area contributed by atoms with Crippen LogP contribution in [0.2, 0.25) is 0 Å². The number of pyridine rings is 1. The van der Waals surface area contributed by atoms with E-state index in [1.54, 1.807) is 0 Å². The molecule has 1 N–H and O–H groups in total. The van der Waals surface area contributed by atoms with E-state index in [1.165, 1.54) is 6.20 Å². The summed E-state index contributed by atoms with van der Waals surface area (Å²) in [6.45, 7) is 0. The van der Waals surface area contributed by atoms with Crippen LogP contribution < -0.4 is 0 Å². The third-order valence-corrected chi connectivity index (χ3v) is 1.99. The molecule has 1 aromatic rings. The average Bonchev–Trinajstić information content (AvgIpc) is 2.24.